The first-order valence-corrected chi connectivity index (χ1v) is 5.69. The van der Waals surface area contributed by atoms with Crippen LogP contribution in [0.2, 0.25) is 0 Å². The van der Waals surface area contributed by atoms with Crippen molar-refractivity contribution in [3.8, 4) is 0 Å². The summed E-state index contributed by atoms with van der Waals surface area (Å²) in [5.74, 6) is 1.88. The molecule has 78 valence electrons. The zero-order valence-corrected chi connectivity index (χ0v) is 9.11. The Morgan fingerprint density at radius 2 is 2.07 bits per heavy atom. The Kier molecular flexibility index (Phi) is 2.85. The van der Waals surface area contributed by atoms with Gasteiger partial charge < -0.3 is 0 Å². The summed E-state index contributed by atoms with van der Waals surface area (Å²) in [6, 6.07) is 0.610. The van der Waals surface area contributed by atoms with Crippen LogP contribution in [0.5, 0.6) is 0 Å². The van der Waals surface area contributed by atoms with Gasteiger partial charge in [0.25, 0.3) is 0 Å². The van der Waals surface area contributed by atoms with Crippen molar-refractivity contribution in [3.63, 3.8) is 0 Å². The molecular formula is C11H19N3. The van der Waals surface area contributed by atoms with Crippen molar-refractivity contribution < 1.29 is 0 Å². The van der Waals surface area contributed by atoms with Crippen LogP contribution in [0.4, 0.5) is 0 Å². The van der Waals surface area contributed by atoms with Gasteiger partial charge in [-0.2, -0.15) is 5.10 Å². The van der Waals surface area contributed by atoms with E-state index in [4.69, 9.17) is 0 Å². The van der Waals surface area contributed by atoms with E-state index in [2.05, 4.69) is 28.6 Å². The molecule has 1 fully saturated rings. The van der Waals surface area contributed by atoms with E-state index in [0.29, 0.717) is 6.04 Å². The summed E-state index contributed by atoms with van der Waals surface area (Å²) in [6.45, 7) is 4.44. The lowest BCUT2D eigenvalue weighted by Crippen LogP contribution is -2.17. The van der Waals surface area contributed by atoms with Crippen molar-refractivity contribution >= 4 is 0 Å². The van der Waals surface area contributed by atoms with Crippen molar-refractivity contribution in [1.29, 1.82) is 0 Å². The monoisotopic (exact) mass is 193 g/mol. The highest BCUT2D eigenvalue weighted by Crippen LogP contribution is 2.30. The summed E-state index contributed by atoms with van der Waals surface area (Å²) in [5, 5.41) is 4.48. The van der Waals surface area contributed by atoms with E-state index in [1.165, 1.54) is 25.7 Å². The fourth-order valence-corrected chi connectivity index (χ4v) is 2.16. The van der Waals surface area contributed by atoms with E-state index in [1.54, 1.807) is 0 Å². The third-order valence-corrected chi connectivity index (χ3v) is 3.23. The van der Waals surface area contributed by atoms with Crippen molar-refractivity contribution in [3.05, 3.63) is 12.2 Å². The van der Waals surface area contributed by atoms with Crippen LogP contribution in [-0.2, 0) is 6.42 Å². The molecule has 0 spiro atoms. The minimum atomic E-state index is 0.610. The highest BCUT2D eigenvalue weighted by Gasteiger charge is 2.20. The molecule has 0 amide bonds. The van der Waals surface area contributed by atoms with Gasteiger partial charge in [-0.25, -0.2) is 9.67 Å². The molecule has 0 N–H and O–H groups in total. The number of rotatable bonds is 2. The smallest absolute Gasteiger partial charge is 0.150 e. The predicted molar refractivity (Wildman–Crippen MR) is 56.1 cm³/mol. The summed E-state index contributed by atoms with van der Waals surface area (Å²) < 4.78 is 2.07. The first-order chi connectivity index (χ1) is 6.79. The predicted octanol–water partition coefficient (Wildman–Crippen LogP) is 2.59. The lowest BCUT2D eigenvalue weighted by molar-refractivity contribution is 0.273. The van der Waals surface area contributed by atoms with Gasteiger partial charge in [0.2, 0.25) is 0 Å². The molecule has 1 aromatic heterocycles. The maximum atomic E-state index is 4.48. The van der Waals surface area contributed by atoms with E-state index in [-0.39, 0.29) is 0 Å². The van der Waals surface area contributed by atoms with Crippen molar-refractivity contribution in [2.24, 2.45) is 5.92 Å². The fraction of sp³-hybridized carbons (Fsp3) is 0.818. The third kappa shape index (κ3) is 1.97. The highest BCUT2D eigenvalue weighted by molar-refractivity contribution is 4.83. The SMILES string of the molecule is CCc1ncn(C2CCC(C)CC2)n1. The quantitative estimate of drug-likeness (QED) is 0.722. The molecule has 0 radical (unpaired) electrons. The van der Waals surface area contributed by atoms with Gasteiger partial charge in [0.05, 0.1) is 6.04 Å². The van der Waals surface area contributed by atoms with E-state index in [1.807, 2.05) is 6.33 Å². The minimum Gasteiger partial charge on any atom is -0.250 e. The summed E-state index contributed by atoms with van der Waals surface area (Å²) in [6.07, 6.45) is 8.06. The number of aryl methyl sites for hydroxylation is 1. The molecule has 0 aromatic carbocycles. The first-order valence-electron chi connectivity index (χ1n) is 5.69. The zero-order valence-electron chi connectivity index (χ0n) is 9.11. The third-order valence-electron chi connectivity index (χ3n) is 3.23. The highest BCUT2D eigenvalue weighted by atomic mass is 15.3. The average Bonchev–Trinajstić information content (AvgIpc) is 2.67. The van der Waals surface area contributed by atoms with Gasteiger partial charge in [0, 0.05) is 6.42 Å². The molecule has 0 atom stereocenters. The second kappa shape index (κ2) is 4.11. The van der Waals surface area contributed by atoms with Crippen LogP contribution in [-0.4, -0.2) is 14.8 Å². The van der Waals surface area contributed by atoms with E-state index in [0.717, 1.165) is 18.2 Å². The van der Waals surface area contributed by atoms with Crippen LogP contribution in [0.1, 0.15) is 51.4 Å². The molecule has 1 saturated carbocycles. The molecule has 1 aliphatic carbocycles. The van der Waals surface area contributed by atoms with Crippen molar-refractivity contribution in [2.45, 2.75) is 52.0 Å². The normalized spacial score (nSPS) is 27.9. The number of hydrogen-bond acceptors (Lipinski definition) is 2. The summed E-state index contributed by atoms with van der Waals surface area (Å²) in [5.41, 5.74) is 0. The van der Waals surface area contributed by atoms with Crippen LogP contribution >= 0.6 is 0 Å². The second-order valence-electron chi connectivity index (χ2n) is 4.41. The molecule has 1 heterocycles. The number of hydrogen-bond donors (Lipinski definition) is 0. The molecule has 0 bridgehead atoms. The molecule has 14 heavy (non-hydrogen) atoms. The molecule has 3 nitrogen and oxygen atoms in total. The van der Waals surface area contributed by atoms with Crippen molar-refractivity contribution in [1.82, 2.24) is 14.8 Å². The van der Waals surface area contributed by atoms with Gasteiger partial charge in [0.15, 0.2) is 0 Å². The average molecular weight is 193 g/mol. The zero-order chi connectivity index (χ0) is 9.97. The van der Waals surface area contributed by atoms with Gasteiger partial charge in [-0.1, -0.05) is 13.8 Å². The topological polar surface area (TPSA) is 30.7 Å². The summed E-state index contributed by atoms with van der Waals surface area (Å²) in [7, 11) is 0. The fourth-order valence-electron chi connectivity index (χ4n) is 2.16. The summed E-state index contributed by atoms with van der Waals surface area (Å²) >= 11 is 0. The van der Waals surface area contributed by atoms with E-state index < -0.39 is 0 Å². The van der Waals surface area contributed by atoms with Gasteiger partial charge in [-0.3, -0.25) is 0 Å². The first kappa shape index (κ1) is 9.69. The maximum Gasteiger partial charge on any atom is 0.150 e. The molecule has 2 rings (SSSR count). The largest absolute Gasteiger partial charge is 0.250 e. The van der Waals surface area contributed by atoms with E-state index >= 15 is 0 Å². The Morgan fingerprint density at radius 1 is 1.36 bits per heavy atom. The molecule has 0 saturated heterocycles. The lowest BCUT2D eigenvalue weighted by Gasteiger charge is -2.25. The van der Waals surface area contributed by atoms with Gasteiger partial charge in [-0.15, -0.1) is 0 Å². The van der Waals surface area contributed by atoms with Crippen LogP contribution < -0.4 is 0 Å². The van der Waals surface area contributed by atoms with E-state index in [9.17, 15) is 0 Å². The molecule has 3 heteroatoms. The van der Waals surface area contributed by atoms with Gasteiger partial charge in [0.1, 0.15) is 12.2 Å². The Bertz CT molecular complexity index is 284. The van der Waals surface area contributed by atoms with Crippen LogP contribution in [0.3, 0.4) is 0 Å². The Balaban J connectivity index is 2.01. The number of aromatic nitrogens is 3. The second-order valence-corrected chi connectivity index (χ2v) is 4.41. The van der Waals surface area contributed by atoms with Crippen molar-refractivity contribution in [2.75, 3.05) is 0 Å². The molecule has 1 aromatic rings. The number of nitrogens with zero attached hydrogens (tertiary/aromatic N) is 3. The molecular weight excluding hydrogens is 174 g/mol. The van der Waals surface area contributed by atoms with Crippen LogP contribution in [0, 0.1) is 5.92 Å². The van der Waals surface area contributed by atoms with Crippen LogP contribution in [0.25, 0.3) is 0 Å². The molecule has 0 unspecified atom stereocenters. The Hall–Kier alpha value is -0.860. The Morgan fingerprint density at radius 3 is 2.64 bits per heavy atom. The van der Waals surface area contributed by atoms with Crippen LogP contribution in [0.15, 0.2) is 6.33 Å². The molecule has 0 aliphatic heterocycles. The standard InChI is InChI=1S/C11H19N3/c1-3-11-12-8-14(13-11)10-6-4-9(2)5-7-10/h8-10H,3-7H2,1-2H3. The van der Waals surface area contributed by atoms with Gasteiger partial charge >= 0.3 is 0 Å². The van der Waals surface area contributed by atoms with Gasteiger partial charge in [-0.05, 0) is 31.6 Å². The Labute approximate surface area is 85.5 Å². The molecule has 1 aliphatic rings. The minimum absolute atomic E-state index is 0.610. The lowest BCUT2D eigenvalue weighted by atomic mass is 9.87. The summed E-state index contributed by atoms with van der Waals surface area (Å²) in [4.78, 5) is 4.28. The maximum absolute atomic E-state index is 4.48.